The summed E-state index contributed by atoms with van der Waals surface area (Å²) in [6, 6.07) is 48.6. The van der Waals surface area contributed by atoms with E-state index in [0.29, 0.717) is 62.8 Å². The Hall–Kier alpha value is -9.28. The lowest BCUT2D eigenvalue weighted by atomic mass is 9.61. The Balaban J connectivity index is 0.000000229. The lowest BCUT2D eigenvalue weighted by Crippen LogP contribution is -2.48. The maximum absolute atomic E-state index is 12.5. The minimum absolute atomic E-state index is 0.0270. The summed E-state index contributed by atoms with van der Waals surface area (Å²) in [5.41, 5.74) is 1.43. The Bertz CT molecular complexity index is 5470. The maximum atomic E-state index is 12.5. The molecule has 0 radical (unpaired) electrons. The van der Waals surface area contributed by atoms with Crippen molar-refractivity contribution in [3.63, 3.8) is 0 Å². The Kier molecular flexibility index (Phi) is 42.7. The van der Waals surface area contributed by atoms with Crippen molar-refractivity contribution in [2.75, 3.05) is 124 Å². The molecule has 26 heteroatoms. The van der Waals surface area contributed by atoms with Crippen LogP contribution < -0.4 is 0 Å². The van der Waals surface area contributed by atoms with Gasteiger partial charge in [-0.2, -0.15) is 36.9 Å². The molecule has 6 aliphatic rings. The summed E-state index contributed by atoms with van der Waals surface area (Å²) >= 11 is -0.143. The second-order valence-electron chi connectivity index (χ2n) is 45.9. The number of thioether (sulfide) groups is 2. The topological polar surface area (TPSA) is 132 Å². The van der Waals surface area contributed by atoms with Crippen molar-refractivity contribution >= 4 is 39.0 Å². The number of rotatable bonds is 21. The van der Waals surface area contributed by atoms with Crippen molar-refractivity contribution in [3.05, 3.63) is 270 Å². The smallest absolute Gasteiger partial charge is 0.316 e. The molecular weight excluding hydrogens is 1820 g/mol. The van der Waals surface area contributed by atoms with Crippen molar-refractivity contribution in [2.45, 2.75) is 267 Å². The second-order valence-corrected chi connectivity index (χ2v) is 50.1. The molecule has 6 aromatic rings. The molecule has 0 unspecified atom stereocenters. The Labute approximate surface area is 846 Å². The van der Waals surface area contributed by atoms with Gasteiger partial charge in [0.1, 0.15) is 0 Å². The van der Waals surface area contributed by atoms with E-state index in [1.165, 1.54) is 35.6 Å². The molecule has 0 atom stereocenters. The molecule has 12 rings (SSSR count). The van der Waals surface area contributed by atoms with Gasteiger partial charge in [-0.15, -0.1) is 0 Å². The van der Waals surface area contributed by atoms with Crippen LogP contribution in [0.1, 0.15) is 246 Å². The second kappa shape index (κ2) is 50.8. The van der Waals surface area contributed by atoms with Gasteiger partial charge in [-0.1, -0.05) is 216 Å². The molecule has 0 saturated carbocycles. The highest BCUT2D eigenvalue weighted by atomic mass is 32.2. The summed E-state index contributed by atoms with van der Waals surface area (Å²) in [4.78, 5) is 41.0. The number of hydrogen-bond donors (Lipinski definition) is 0. The van der Waals surface area contributed by atoms with Gasteiger partial charge in [0.05, 0.1) is 34.7 Å². The number of benzene rings is 6. The van der Waals surface area contributed by atoms with Gasteiger partial charge in [0.25, 0.3) is 0 Å². The largest absolute Gasteiger partial charge is 0.446 e. The van der Waals surface area contributed by atoms with E-state index in [0.717, 1.165) is 215 Å². The lowest BCUT2D eigenvalue weighted by molar-refractivity contribution is -0.0337. The number of para-hydroxylation sites is 1. The highest BCUT2D eigenvalue weighted by Crippen LogP contribution is 2.54. The van der Waals surface area contributed by atoms with Gasteiger partial charge >= 0.3 is 11.0 Å². The maximum Gasteiger partial charge on any atom is 0.446 e. The molecule has 0 aromatic heterocycles. The number of halogens is 6. The standard InChI is InChI=1S/2C19H25F3N2S.3C19H25N3.C19H28N2O2S/c1-17(2,3)18(14-23-4)9-11-24(12-10-18)13-15-5-7-16(8-6-15)25-19(20,21)22;1-17(2,3)18(14-23-4)8-10-24(11-9-18)13-15-6-5-7-16(12-15)25-19(20,21)22;1-18(2,3)19(15-20-4)10-12-22(13-11-19)14-16-8-6-7-9-17(16)21-5;1-18(2,3)19(15-21-4)9-11-22(12-10-19)14-17-7-5-16(13-20)6-8-17;1-18(2,3)19(15-21-4)8-10-22(11-9-19)14-17-7-5-6-16(12-17)13-20;1-18(2,3)19(15-20-4)10-12-21(13-11-19)14-16-8-6-7-9-17(16)24(5,22)23/h5-8H,9-14H2,1-3H3;5-7,12H,8-11,13-14H2,1-3H3;6-9H,10-15H2,1-3H3;5-8H,9-12,14-15H2,1-3H3;5-7,12H,8-11,14-15H2,1-3H3;6-9H,10-15H2,1-3,5H3. The number of likely N-dealkylation sites (tertiary alicyclic amines) is 6. The normalized spacial score (nSPS) is 18.6. The molecule has 0 N–H and O–H groups in total. The molecule has 0 spiro atoms. The highest BCUT2D eigenvalue weighted by molar-refractivity contribution is 8.00. The third kappa shape index (κ3) is 33.9. The summed E-state index contributed by atoms with van der Waals surface area (Å²) in [6.07, 6.45) is 13.6. The molecule has 756 valence electrons. The average molecular weight is 1980 g/mol. The van der Waals surface area contributed by atoms with E-state index in [1.54, 1.807) is 36.4 Å². The summed E-state index contributed by atoms with van der Waals surface area (Å²) in [6.45, 7) is 111. The molecular formula is C114H153F6N15O2S3. The zero-order valence-corrected chi connectivity index (χ0v) is 89.3. The molecule has 6 saturated heterocycles. The highest BCUT2D eigenvalue weighted by Gasteiger charge is 2.53. The van der Waals surface area contributed by atoms with Crippen molar-refractivity contribution in [3.8, 4) is 12.1 Å². The summed E-state index contributed by atoms with van der Waals surface area (Å²) < 4.78 is 98.7. The first kappa shape index (κ1) is 118. The lowest BCUT2D eigenvalue weighted by Gasteiger charge is -2.46. The van der Waals surface area contributed by atoms with E-state index < -0.39 is 20.9 Å². The number of hydrogen-bond acceptors (Lipinski definition) is 12. The minimum atomic E-state index is -4.25. The van der Waals surface area contributed by atoms with E-state index in [1.807, 2.05) is 78.9 Å². The fraction of sp³-hybridized carbons (Fsp3) is 0.605. The fourth-order valence-corrected chi connectivity index (χ4v) is 23.0. The summed E-state index contributed by atoms with van der Waals surface area (Å²) in [7, 11) is -3.21. The van der Waals surface area contributed by atoms with Crippen LogP contribution >= 0.6 is 23.5 Å². The van der Waals surface area contributed by atoms with Gasteiger partial charge < -0.3 is 34.0 Å². The average Bonchev–Trinajstić information content (AvgIpc) is 0.802. The SMILES string of the molecule is [C-]#[N+]CC1(C(C)(C)C)CCN(Cc2ccc(C#N)cc2)CC1.[C-]#[N+]CC1(C(C)(C)C)CCN(Cc2ccc(SC(F)(F)F)cc2)CC1.[C-]#[N+]CC1(C(C)(C)C)CCN(Cc2cccc(C#N)c2)CC1.[C-]#[N+]CC1(C(C)(C)C)CCN(Cc2cccc(SC(F)(F)F)c2)CC1.[C-]#[N+]CC1(C(C)(C)C)CCN(Cc2ccccc2S(C)(=O)=O)CC1.[C-]#[N+]CC1(C(C)(C)C)CCN(Cc2ccccc2[N+]#[C-])CC1. The summed E-state index contributed by atoms with van der Waals surface area (Å²) in [5, 5.41) is 17.8. The molecule has 140 heavy (non-hydrogen) atoms. The molecule has 0 bridgehead atoms. The van der Waals surface area contributed by atoms with E-state index in [9.17, 15) is 34.8 Å². The van der Waals surface area contributed by atoms with Crippen molar-refractivity contribution in [1.29, 1.82) is 10.5 Å². The minimum Gasteiger partial charge on any atom is -0.316 e. The third-order valence-corrected chi connectivity index (χ3v) is 34.7. The number of nitriles is 2. The molecule has 6 heterocycles. The van der Waals surface area contributed by atoms with Crippen LogP contribution in [-0.2, 0) is 49.1 Å². The molecule has 6 aliphatic heterocycles. The van der Waals surface area contributed by atoms with E-state index >= 15 is 0 Å². The molecule has 6 aromatic carbocycles. The van der Waals surface area contributed by atoms with Gasteiger partial charge in [-0.3, -0.25) is 24.5 Å². The first-order valence-electron chi connectivity index (χ1n) is 49.1. The molecule has 0 amide bonds. The van der Waals surface area contributed by atoms with E-state index in [4.69, 9.17) is 56.5 Å². The van der Waals surface area contributed by atoms with Gasteiger partial charge in [-0.25, -0.2) is 52.7 Å². The quantitative estimate of drug-likeness (QED) is 0.0386. The fourth-order valence-electron chi connectivity index (χ4n) is 20.9. The van der Waals surface area contributed by atoms with Gasteiger partial charge in [0, 0.05) is 87.8 Å². The van der Waals surface area contributed by atoms with Crippen molar-refractivity contribution < 1.29 is 34.8 Å². The third-order valence-electron chi connectivity index (χ3n) is 32.0. The Morgan fingerprint density at radius 3 is 0.871 bits per heavy atom. The van der Waals surface area contributed by atoms with E-state index in [-0.39, 0.29) is 98.3 Å². The van der Waals surface area contributed by atoms with Crippen LogP contribution in [0.3, 0.4) is 0 Å². The first-order valence-corrected chi connectivity index (χ1v) is 52.7. The molecule has 0 aliphatic carbocycles. The van der Waals surface area contributed by atoms with Crippen LogP contribution in [0.5, 0.6) is 0 Å². The number of nitrogens with zero attached hydrogens (tertiary/aromatic N) is 15. The number of alkyl halides is 6. The van der Waals surface area contributed by atoms with Crippen LogP contribution in [0.25, 0.3) is 33.9 Å². The number of piperidine rings is 6. The van der Waals surface area contributed by atoms with Crippen LogP contribution in [0, 0.1) is 134 Å². The van der Waals surface area contributed by atoms with Crippen molar-refractivity contribution in [1.82, 2.24) is 29.4 Å². The predicted octanol–water partition coefficient (Wildman–Crippen LogP) is 28.3. The Morgan fingerprint density at radius 2 is 0.579 bits per heavy atom. The zero-order valence-electron chi connectivity index (χ0n) is 86.8. The van der Waals surface area contributed by atoms with Crippen LogP contribution in [0.15, 0.2) is 160 Å². The molecule has 6 fully saturated rings. The number of sulfone groups is 1. The van der Waals surface area contributed by atoms with Crippen LogP contribution in [0.4, 0.5) is 32.0 Å². The monoisotopic (exact) mass is 1970 g/mol. The predicted molar refractivity (Wildman–Crippen MR) is 558 cm³/mol. The van der Waals surface area contributed by atoms with Crippen LogP contribution in [0.2, 0.25) is 0 Å². The van der Waals surface area contributed by atoms with Gasteiger partial charge in [-0.05, 0) is 300 Å². The zero-order chi connectivity index (χ0) is 104. The van der Waals surface area contributed by atoms with Gasteiger partial charge in [0.2, 0.25) is 39.3 Å². The van der Waals surface area contributed by atoms with Crippen LogP contribution in [-0.4, -0.2) is 173 Å². The van der Waals surface area contributed by atoms with Crippen molar-refractivity contribution in [2.24, 2.45) is 65.0 Å². The van der Waals surface area contributed by atoms with Gasteiger partial charge in [0.15, 0.2) is 15.5 Å². The molecule has 17 nitrogen and oxygen atoms in total. The first-order chi connectivity index (χ1) is 65.4. The Morgan fingerprint density at radius 1 is 0.314 bits per heavy atom. The summed E-state index contributed by atoms with van der Waals surface area (Å²) in [5.74, 6) is 0. The van der Waals surface area contributed by atoms with E-state index in [2.05, 4.69) is 212 Å².